The van der Waals surface area contributed by atoms with Crippen molar-refractivity contribution in [2.75, 3.05) is 0 Å². The number of aromatic nitrogens is 3. The molecule has 0 amide bonds. The molecule has 0 fully saturated rings. The molecule has 0 aliphatic carbocycles. The lowest BCUT2D eigenvalue weighted by Crippen LogP contribution is -2.32. The minimum atomic E-state index is -1.10. The Bertz CT molecular complexity index is 2140. The highest BCUT2D eigenvalue weighted by Crippen LogP contribution is 2.33. The van der Waals surface area contributed by atoms with Crippen LogP contribution in [0.1, 0.15) is 44.9 Å². The Morgan fingerprint density at radius 2 is 1.25 bits per heavy atom. The maximum atomic E-state index is 11.0. The summed E-state index contributed by atoms with van der Waals surface area (Å²) in [6.45, 7) is 11.8. The minimum Gasteiger partial charge on any atom is -0.480 e. The summed E-state index contributed by atoms with van der Waals surface area (Å²) in [5.41, 5.74) is 21.8. The highest BCUT2D eigenvalue weighted by Gasteiger charge is 2.23. The van der Waals surface area contributed by atoms with Gasteiger partial charge in [-0.2, -0.15) is 0 Å². The number of hydrogen-bond donors (Lipinski definition) is 7. The van der Waals surface area contributed by atoms with Gasteiger partial charge in [-0.3, -0.25) is 19.7 Å². The molecule has 3 heterocycles. The zero-order valence-corrected chi connectivity index (χ0v) is 27.9. The van der Waals surface area contributed by atoms with Gasteiger partial charge in [-0.1, -0.05) is 30.3 Å². The number of benzene rings is 3. The average molecular weight is 655 g/mol. The first-order valence-corrected chi connectivity index (χ1v) is 15.4. The number of H-pyrrole nitrogens is 3. The van der Waals surface area contributed by atoms with E-state index in [1.54, 1.807) is 13.0 Å². The monoisotopic (exact) mass is 654 g/mol. The van der Waals surface area contributed by atoms with E-state index in [2.05, 4.69) is 53.1 Å². The molecule has 0 aliphatic rings. The molecule has 0 bridgehead atoms. The number of nitrogens with zero attached hydrogens (tertiary/aromatic N) is 1. The van der Waals surface area contributed by atoms with E-state index in [0.717, 1.165) is 38.9 Å². The molecule has 6 rings (SSSR count). The molecule has 0 aliphatic heterocycles. The molecule has 0 saturated carbocycles. The lowest BCUT2D eigenvalue weighted by molar-refractivity contribution is -0.383. The predicted octanol–water partition coefficient (Wildman–Crippen LogP) is 6.17. The van der Waals surface area contributed by atoms with E-state index >= 15 is 0 Å². The fourth-order valence-electron chi connectivity index (χ4n) is 6.02. The van der Waals surface area contributed by atoms with Gasteiger partial charge in [-0.15, -0.1) is 0 Å². The summed E-state index contributed by atoms with van der Waals surface area (Å²) in [6.07, 6.45) is 0.481. The van der Waals surface area contributed by atoms with Crippen molar-refractivity contribution in [2.24, 2.45) is 11.5 Å². The molecule has 48 heavy (non-hydrogen) atoms. The molecule has 0 spiro atoms. The van der Waals surface area contributed by atoms with Gasteiger partial charge in [0.25, 0.3) is 5.69 Å². The molecule has 0 saturated heterocycles. The maximum absolute atomic E-state index is 11.0. The third-order valence-electron chi connectivity index (χ3n) is 8.50. The maximum Gasteiger partial charge on any atom is 0.320 e. The van der Waals surface area contributed by atoms with Crippen molar-refractivity contribution < 1.29 is 24.7 Å². The van der Waals surface area contributed by atoms with Crippen molar-refractivity contribution in [1.82, 2.24) is 15.0 Å². The standard InChI is InChI=1S/C13H15N3O4.C13H16N2O2.C10H11N/c1-6-3-4-10(16(19)20)12-11(6)8(7(2)15-12)5-9(14)13(17)18;1-7-4-3-5-11-12(7)9(8(2)15-11)6-10(14)13(16)17;1-7-4-3-5-10-9(7)6-8(2)11-10/h3-4,9,15H,5,14H2,1-2H3,(H,17,18);3-5,10,15H,6,14H2,1-2H3,(H,16,17);3-6,11H,1-2H3. The molecular weight excluding hydrogens is 612 g/mol. The third-order valence-corrected chi connectivity index (χ3v) is 8.50. The quantitative estimate of drug-likeness (QED) is 0.0778. The van der Waals surface area contributed by atoms with Crippen LogP contribution in [0.5, 0.6) is 0 Å². The van der Waals surface area contributed by atoms with E-state index in [1.165, 1.54) is 28.2 Å². The summed E-state index contributed by atoms with van der Waals surface area (Å²) in [5.74, 6) is -2.06. The second kappa shape index (κ2) is 14.5. The normalized spacial score (nSPS) is 12.2. The van der Waals surface area contributed by atoms with Crippen LogP contribution < -0.4 is 11.5 Å². The van der Waals surface area contributed by atoms with Crippen molar-refractivity contribution >= 4 is 50.3 Å². The fourth-order valence-corrected chi connectivity index (χ4v) is 6.02. The fraction of sp³-hybridized carbons (Fsp3) is 0.278. The zero-order chi connectivity index (χ0) is 35.4. The second-order valence-corrected chi connectivity index (χ2v) is 12.1. The Hall–Kier alpha value is -5.46. The summed E-state index contributed by atoms with van der Waals surface area (Å²) < 4.78 is 0. The Morgan fingerprint density at radius 1 is 0.729 bits per heavy atom. The number of carbonyl (C=O) groups is 2. The molecule has 2 unspecified atom stereocenters. The SMILES string of the molecule is Cc1[nH]c2c([N+](=O)[O-])ccc(C)c2c1CC(N)C(=O)O.Cc1[nH]c2cccc(C)c2c1CC(N)C(=O)O.Cc1cc2c(C)cccc2[nH]1. The summed E-state index contributed by atoms with van der Waals surface area (Å²) in [7, 11) is 0. The number of rotatable bonds is 7. The van der Waals surface area contributed by atoms with Gasteiger partial charge in [-0.25, -0.2) is 0 Å². The van der Waals surface area contributed by atoms with Crippen molar-refractivity contribution in [1.29, 1.82) is 0 Å². The number of aromatic amines is 3. The van der Waals surface area contributed by atoms with E-state index in [4.69, 9.17) is 21.7 Å². The van der Waals surface area contributed by atoms with Crippen LogP contribution >= 0.6 is 0 Å². The lowest BCUT2D eigenvalue weighted by atomic mass is 9.99. The molecule has 6 aromatic rings. The van der Waals surface area contributed by atoms with Gasteiger partial charge in [0.05, 0.1) is 4.92 Å². The highest BCUT2D eigenvalue weighted by atomic mass is 16.6. The smallest absolute Gasteiger partial charge is 0.320 e. The van der Waals surface area contributed by atoms with Gasteiger partial charge in [0, 0.05) is 63.2 Å². The van der Waals surface area contributed by atoms with Crippen LogP contribution in [0.15, 0.2) is 54.6 Å². The minimum absolute atomic E-state index is 0.0242. The molecule has 3 aromatic heterocycles. The number of hydrogen-bond acceptors (Lipinski definition) is 6. The second-order valence-electron chi connectivity index (χ2n) is 12.1. The van der Waals surface area contributed by atoms with E-state index in [9.17, 15) is 19.7 Å². The van der Waals surface area contributed by atoms with Gasteiger partial charge in [-0.05, 0) is 87.6 Å². The van der Waals surface area contributed by atoms with E-state index in [0.29, 0.717) is 23.0 Å². The number of nitrogens with one attached hydrogen (secondary N) is 3. The van der Waals surface area contributed by atoms with Gasteiger partial charge in [0.2, 0.25) is 0 Å². The number of fused-ring (bicyclic) bond motifs is 3. The molecule has 12 nitrogen and oxygen atoms in total. The molecule has 2 atom stereocenters. The molecule has 252 valence electrons. The van der Waals surface area contributed by atoms with E-state index in [-0.39, 0.29) is 12.1 Å². The number of nitrogens with two attached hydrogens (primary N) is 2. The van der Waals surface area contributed by atoms with Crippen LogP contribution in [0, 0.1) is 51.7 Å². The topological polar surface area (TPSA) is 217 Å². The van der Waals surface area contributed by atoms with Crippen LogP contribution in [-0.4, -0.2) is 54.1 Å². The number of nitro benzene ring substituents is 1. The summed E-state index contributed by atoms with van der Waals surface area (Å²) >= 11 is 0. The molecule has 12 heteroatoms. The van der Waals surface area contributed by atoms with Crippen LogP contribution in [-0.2, 0) is 22.4 Å². The van der Waals surface area contributed by atoms with Gasteiger partial charge >= 0.3 is 11.9 Å². The van der Waals surface area contributed by atoms with Crippen LogP contribution in [0.3, 0.4) is 0 Å². The number of aryl methyl sites for hydroxylation is 6. The Morgan fingerprint density at radius 3 is 1.81 bits per heavy atom. The average Bonchev–Trinajstić information content (AvgIpc) is 3.67. The van der Waals surface area contributed by atoms with Crippen LogP contribution in [0.2, 0.25) is 0 Å². The Balaban J connectivity index is 0.000000169. The van der Waals surface area contributed by atoms with Gasteiger partial charge in [0.15, 0.2) is 0 Å². The van der Waals surface area contributed by atoms with Crippen molar-refractivity contribution in [3.05, 3.63) is 110 Å². The van der Waals surface area contributed by atoms with Gasteiger partial charge in [0.1, 0.15) is 17.6 Å². The predicted molar refractivity (Wildman–Crippen MR) is 189 cm³/mol. The summed E-state index contributed by atoms with van der Waals surface area (Å²) in [4.78, 5) is 41.8. The van der Waals surface area contributed by atoms with Crippen molar-refractivity contribution in [3.63, 3.8) is 0 Å². The lowest BCUT2D eigenvalue weighted by Gasteiger charge is -2.07. The van der Waals surface area contributed by atoms with Crippen molar-refractivity contribution in [2.45, 2.75) is 66.5 Å². The summed E-state index contributed by atoms with van der Waals surface area (Å²) in [6, 6.07) is 15.7. The zero-order valence-electron chi connectivity index (χ0n) is 27.9. The number of carboxylic acid groups (broad SMARTS) is 2. The molecule has 0 radical (unpaired) electrons. The summed E-state index contributed by atoms with van der Waals surface area (Å²) in [5, 5.41) is 32.0. The largest absolute Gasteiger partial charge is 0.480 e. The van der Waals surface area contributed by atoms with Crippen LogP contribution in [0.4, 0.5) is 5.69 Å². The number of aliphatic carboxylic acids is 2. The Kier molecular flexibility index (Phi) is 10.7. The number of carboxylic acids is 2. The van der Waals surface area contributed by atoms with E-state index in [1.807, 2.05) is 39.0 Å². The number of nitro groups is 1. The highest BCUT2D eigenvalue weighted by molar-refractivity contribution is 5.95. The number of non-ortho nitro benzene ring substituents is 1. The Labute approximate surface area is 277 Å². The first-order chi connectivity index (χ1) is 22.6. The molecule has 9 N–H and O–H groups in total. The van der Waals surface area contributed by atoms with Crippen LogP contribution in [0.25, 0.3) is 32.7 Å². The van der Waals surface area contributed by atoms with E-state index < -0.39 is 28.9 Å². The molecular formula is C36H42N6O6. The molecule has 3 aromatic carbocycles. The van der Waals surface area contributed by atoms with Gasteiger partial charge < -0.3 is 36.6 Å². The third kappa shape index (κ3) is 7.56. The first-order valence-electron chi connectivity index (χ1n) is 15.4. The van der Waals surface area contributed by atoms with Crippen molar-refractivity contribution in [3.8, 4) is 0 Å². The first kappa shape index (κ1) is 35.4.